The summed E-state index contributed by atoms with van der Waals surface area (Å²) in [6.07, 6.45) is 0. The van der Waals surface area contributed by atoms with Gasteiger partial charge in [0.1, 0.15) is 0 Å². The molecule has 2 aromatic rings. The highest BCUT2D eigenvalue weighted by molar-refractivity contribution is 7.99. The lowest BCUT2D eigenvalue weighted by molar-refractivity contribution is 0.0697. The van der Waals surface area contributed by atoms with Gasteiger partial charge in [-0.1, -0.05) is 23.9 Å². The fourth-order valence-electron chi connectivity index (χ4n) is 2.54. The van der Waals surface area contributed by atoms with E-state index in [1.165, 1.54) is 16.0 Å². The van der Waals surface area contributed by atoms with Crippen LogP contribution in [-0.2, 0) is 0 Å². The van der Waals surface area contributed by atoms with E-state index in [1.54, 1.807) is 23.9 Å². The predicted octanol–water partition coefficient (Wildman–Crippen LogP) is 4.61. The molecule has 0 spiro atoms. The minimum absolute atomic E-state index is 0.269. The molecule has 1 aliphatic rings. The van der Waals surface area contributed by atoms with E-state index in [2.05, 4.69) is 31.0 Å². The average molecular weight is 297 g/mol. The van der Waals surface area contributed by atoms with Gasteiger partial charge in [0.25, 0.3) is 0 Å². The minimum Gasteiger partial charge on any atom is -0.478 e. The number of nitrogens with zero attached hydrogens (tertiary/aromatic N) is 1. The van der Waals surface area contributed by atoms with E-state index < -0.39 is 5.97 Å². The van der Waals surface area contributed by atoms with Crippen molar-refractivity contribution < 1.29 is 9.90 Å². The third-order valence-electron chi connectivity index (χ3n) is 3.63. The molecule has 4 heteroatoms. The molecule has 0 radical (unpaired) electrons. The van der Waals surface area contributed by atoms with E-state index >= 15 is 0 Å². The highest BCUT2D eigenvalue weighted by Gasteiger charge is 2.19. The number of rotatable bonds is 1. The zero-order valence-corrected chi connectivity index (χ0v) is 12.9. The van der Waals surface area contributed by atoms with E-state index in [-0.39, 0.29) is 5.56 Å². The summed E-state index contributed by atoms with van der Waals surface area (Å²) in [6.45, 7) is 6.15. The fourth-order valence-corrected chi connectivity index (χ4v) is 3.74. The largest absolute Gasteiger partial charge is 0.478 e. The molecule has 0 amide bonds. The van der Waals surface area contributed by atoms with Crippen LogP contribution in [0.15, 0.2) is 45.1 Å². The summed E-state index contributed by atoms with van der Waals surface area (Å²) in [7, 11) is 0. The number of hydrogen-bond donors (Lipinski definition) is 1. The Balaban J connectivity index is 2.25. The van der Waals surface area contributed by atoms with Gasteiger partial charge in [-0.2, -0.15) is 0 Å². The number of carboxylic acid groups (broad SMARTS) is 1. The van der Waals surface area contributed by atoms with E-state index in [0.717, 1.165) is 21.9 Å². The van der Waals surface area contributed by atoms with Crippen LogP contribution in [0.5, 0.6) is 0 Å². The third-order valence-corrected chi connectivity index (χ3v) is 4.93. The van der Waals surface area contributed by atoms with Crippen molar-refractivity contribution in [2.24, 2.45) is 4.99 Å². The molecular formula is C17H15NO2S. The second kappa shape index (κ2) is 5.04. The Morgan fingerprint density at radius 3 is 2.52 bits per heavy atom. The van der Waals surface area contributed by atoms with Gasteiger partial charge in [0.15, 0.2) is 0 Å². The van der Waals surface area contributed by atoms with Gasteiger partial charge in [-0.3, -0.25) is 4.99 Å². The Labute approximate surface area is 127 Å². The molecule has 1 aliphatic heterocycles. The van der Waals surface area contributed by atoms with Gasteiger partial charge >= 0.3 is 5.97 Å². The number of aliphatic imine (C=N–C) groups is 1. The number of carbonyl (C=O) groups is 1. The topological polar surface area (TPSA) is 49.7 Å². The molecule has 0 atom stereocenters. The van der Waals surface area contributed by atoms with Crippen LogP contribution in [-0.4, -0.2) is 16.8 Å². The molecule has 0 aliphatic carbocycles. The Morgan fingerprint density at radius 2 is 1.81 bits per heavy atom. The molecule has 0 bridgehead atoms. The Hall–Kier alpha value is -2.07. The van der Waals surface area contributed by atoms with Gasteiger partial charge in [-0.15, -0.1) is 0 Å². The van der Waals surface area contributed by atoms with Crippen molar-refractivity contribution >= 4 is 29.1 Å². The molecule has 106 valence electrons. The van der Waals surface area contributed by atoms with Gasteiger partial charge in [-0.05, 0) is 50.1 Å². The van der Waals surface area contributed by atoms with Crippen LogP contribution in [0.25, 0.3) is 0 Å². The number of aromatic carboxylic acids is 1. The summed E-state index contributed by atoms with van der Waals surface area (Å²) in [4.78, 5) is 18.0. The van der Waals surface area contributed by atoms with E-state index in [0.29, 0.717) is 0 Å². The first-order chi connectivity index (χ1) is 9.97. The van der Waals surface area contributed by atoms with Gasteiger partial charge in [0.2, 0.25) is 0 Å². The van der Waals surface area contributed by atoms with Crippen LogP contribution in [0.4, 0.5) is 5.69 Å². The SMILES string of the molecule is CC1=Nc2cc(C(=O)O)ccc2Sc2c(C)ccc(C)c21. The number of aryl methyl sites for hydroxylation is 2. The Bertz CT molecular complexity index is 794. The number of fused-ring (bicyclic) bond motifs is 2. The van der Waals surface area contributed by atoms with E-state index in [9.17, 15) is 4.79 Å². The molecule has 2 aromatic carbocycles. The highest BCUT2D eigenvalue weighted by atomic mass is 32.2. The molecule has 0 unspecified atom stereocenters. The van der Waals surface area contributed by atoms with Crippen LogP contribution in [0, 0.1) is 13.8 Å². The summed E-state index contributed by atoms with van der Waals surface area (Å²) >= 11 is 1.66. The summed E-state index contributed by atoms with van der Waals surface area (Å²) in [6, 6.07) is 9.34. The number of benzene rings is 2. The lowest BCUT2D eigenvalue weighted by Crippen LogP contribution is -2.00. The molecule has 1 N–H and O–H groups in total. The molecular weight excluding hydrogens is 282 g/mol. The van der Waals surface area contributed by atoms with Crippen LogP contribution < -0.4 is 0 Å². The van der Waals surface area contributed by atoms with Crippen molar-refractivity contribution in [2.75, 3.05) is 0 Å². The smallest absolute Gasteiger partial charge is 0.335 e. The van der Waals surface area contributed by atoms with E-state index in [1.807, 2.05) is 13.0 Å². The van der Waals surface area contributed by atoms with E-state index in [4.69, 9.17) is 5.11 Å². The first kappa shape index (κ1) is 13.9. The molecule has 21 heavy (non-hydrogen) atoms. The zero-order chi connectivity index (χ0) is 15.1. The van der Waals surface area contributed by atoms with Gasteiger partial charge < -0.3 is 5.11 Å². The quantitative estimate of drug-likeness (QED) is 0.836. The number of carboxylic acids is 1. The van der Waals surface area contributed by atoms with Crippen molar-refractivity contribution in [1.82, 2.24) is 0 Å². The minimum atomic E-state index is -0.926. The van der Waals surface area contributed by atoms with Crippen molar-refractivity contribution in [1.29, 1.82) is 0 Å². The average Bonchev–Trinajstić information content (AvgIpc) is 2.58. The molecule has 0 aromatic heterocycles. The third kappa shape index (κ3) is 2.36. The van der Waals surface area contributed by atoms with Gasteiger partial charge in [0, 0.05) is 21.1 Å². The molecule has 0 saturated heterocycles. The predicted molar refractivity (Wildman–Crippen MR) is 85.3 cm³/mol. The van der Waals surface area contributed by atoms with Crippen LogP contribution in [0.1, 0.15) is 34.0 Å². The lowest BCUT2D eigenvalue weighted by Gasteiger charge is -2.12. The molecule has 3 nitrogen and oxygen atoms in total. The maximum atomic E-state index is 11.1. The summed E-state index contributed by atoms with van der Waals surface area (Å²) in [5, 5.41) is 9.13. The first-order valence-electron chi connectivity index (χ1n) is 6.68. The molecule has 1 heterocycles. The van der Waals surface area contributed by atoms with Gasteiger partial charge in [0.05, 0.1) is 11.3 Å². The molecule has 0 saturated carbocycles. The summed E-state index contributed by atoms with van der Waals surface area (Å²) in [5.74, 6) is -0.926. The number of hydrogen-bond acceptors (Lipinski definition) is 3. The standard InChI is InChI=1S/C17H15NO2S/c1-9-4-5-10(2)16-15(9)11(3)18-13-8-12(17(19)20)6-7-14(13)21-16/h4-8H,1-3H3,(H,19,20). The van der Waals surface area contributed by atoms with Crippen molar-refractivity contribution in [3.05, 3.63) is 52.6 Å². The molecule has 0 fully saturated rings. The Kier molecular flexibility index (Phi) is 3.33. The van der Waals surface area contributed by atoms with Crippen LogP contribution in [0.3, 0.4) is 0 Å². The summed E-state index contributed by atoms with van der Waals surface area (Å²) in [5.41, 5.74) is 5.49. The lowest BCUT2D eigenvalue weighted by atomic mass is 10.0. The summed E-state index contributed by atoms with van der Waals surface area (Å²) < 4.78 is 0. The second-order valence-electron chi connectivity index (χ2n) is 5.19. The van der Waals surface area contributed by atoms with Crippen molar-refractivity contribution in [3.63, 3.8) is 0 Å². The molecule has 3 rings (SSSR count). The zero-order valence-electron chi connectivity index (χ0n) is 12.1. The van der Waals surface area contributed by atoms with Gasteiger partial charge in [-0.25, -0.2) is 4.79 Å². The maximum Gasteiger partial charge on any atom is 0.335 e. The van der Waals surface area contributed by atoms with Crippen molar-refractivity contribution in [3.8, 4) is 0 Å². The fraction of sp³-hybridized carbons (Fsp3) is 0.176. The second-order valence-corrected chi connectivity index (χ2v) is 6.24. The maximum absolute atomic E-state index is 11.1. The Morgan fingerprint density at radius 1 is 1.10 bits per heavy atom. The monoisotopic (exact) mass is 297 g/mol. The van der Waals surface area contributed by atoms with Crippen LogP contribution >= 0.6 is 11.8 Å². The van der Waals surface area contributed by atoms with Crippen molar-refractivity contribution in [2.45, 2.75) is 30.6 Å². The van der Waals surface area contributed by atoms with Crippen LogP contribution in [0.2, 0.25) is 0 Å². The first-order valence-corrected chi connectivity index (χ1v) is 7.50. The highest BCUT2D eigenvalue weighted by Crippen LogP contribution is 2.43. The normalized spacial score (nSPS) is 13.0.